The van der Waals surface area contributed by atoms with E-state index in [9.17, 15) is 14.4 Å². The number of carbonyl (C=O) groups is 3. The molecule has 0 spiro atoms. The van der Waals surface area contributed by atoms with E-state index >= 15 is 0 Å². The van der Waals surface area contributed by atoms with Crippen molar-refractivity contribution in [1.82, 2.24) is 0 Å². The molecule has 0 aliphatic heterocycles. The van der Waals surface area contributed by atoms with Gasteiger partial charge in [-0.2, -0.15) is 5.26 Å². The van der Waals surface area contributed by atoms with Crippen molar-refractivity contribution in [2.24, 2.45) is 0 Å². The van der Waals surface area contributed by atoms with Crippen LogP contribution < -0.4 is 0 Å². The fourth-order valence-electron chi connectivity index (χ4n) is 3.29. The van der Waals surface area contributed by atoms with Gasteiger partial charge in [0.25, 0.3) is 0 Å². The molecule has 0 N–H and O–H groups in total. The first kappa shape index (κ1) is 17.4. The third-order valence-corrected chi connectivity index (χ3v) is 4.67. The number of carbonyl (C=O) groups excluding carboxylic acids is 3. The molecule has 0 saturated heterocycles. The summed E-state index contributed by atoms with van der Waals surface area (Å²) in [6.07, 6.45) is 0. The molecule has 134 valence electrons. The van der Waals surface area contributed by atoms with Crippen molar-refractivity contribution in [3.63, 3.8) is 0 Å². The lowest BCUT2D eigenvalue weighted by atomic mass is 9.82. The zero-order valence-electron chi connectivity index (χ0n) is 14.6. The Hall–Kier alpha value is -4.04. The number of nitriles is 1. The minimum absolute atomic E-state index is 0.0415. The second kappa shape index (κ2) is 6.93. The first-order valence-corrected chi connectivity index (χ1v) is 8.58. The van der Waals surface area contributed by atoms with Crippen LogP contribution in [0, 0.1) is 11.3 Å². The fraction of sp³-hybridized carbons (Fsp3) is 0.0435. The second-order valence-electron chi connectivity index (χ2n) is 6.28. The molecule has 5 heteroatoms. The highest BCUT2D eigenvalue weighted by Crippen LogP contribution is 2.30. The Balaban J connectivity index is 1.69. The van der Waals surface area contributed by atoms with E-state index in [1.54, 1.807) is 54.6 Å². The minimum atomic E-state index is -0.717. The molecule has 28 heavy (non-hydrogen) atoms. The number of benzene rings is 3. The number of hydrogen-bond donors (Lipinski definition) is 0. The smallest absolute Gasteiger partial charge is 0.339 e. The van der Waals surface area contributed by atoms with Gasteiger partial charge in [0, 0.05) is 27.8 Å². The van der Waals surface area contributed by atoms with Crippen LogP contribution in [0.2, 0.25) is 0 Å². The van der Waals surface area contributed by atoms with Gasteiger partial charge in [-0.1, -0.05) is 54.6 Å². The molecule has 5 nitrogen and oxygen atoms in total. The van der Waals surface area contributed by atoms with E-state index in [0.717, 1.165) is 0 Å². The molecule has 0 amide bonds. The van der Waals surface area contributed by atoms with Crippen LogP contribution in [0.15, 0.2) is 66.7 Å². The monoisotopic (exact) mass is 367 g/mol. The minimum Gasteiger partial charge on any atom is -0.457 e. The maximum Gasteiger partial charge on any atom is 0.339 e. The summed E-state index contributed by atoms with van der Waals surface area (Å²) in [5, 5.41) is 9.14. The fourth-order valence-corrected chi connectivity index (χ4v) is 3.29. The van der Waals surface area contributed by atoms with Gasteiger partial charge in [-0.05, 0) is 12.1 Å². The highest BCUT2D eigenvalue weighted by Gasteiger charge is 2.33. The third-order valence-electron chi connectivity index (χ3n) is 4.67. The molecule has 0 radical (unpaired) electrons. The molecule has 0 aromatic heterocycles. The third kappa shape index (κ3) is 2.78. The zero-order valence-corrected chi connectivity index (χ0v) is 14.6. The van der Waals surface area contributed by atoms with Gasteiger partial charge in [-0.15, -0.1) is 0 Å². The quantitative estimate of drug-likeness (QED) is 0.516. The van der Waals surface area contributed by atoms with E-state index in [2.05, 4.69) is 0 Å². The Morgan fingerprint density at radius 1 is 0.821 bits per heavy atom. The Labute approximate surface area is 160 Å². The van der Waals surface area contributed by atoms with Gasteiger partial charge in [-0.25, -0.2) is 4.79 Å². The normalized spacial score (nSPS) is 12.0. The Morgan fingerprint density at radius 3 is 2.21 bits per heavy atom. The number of ketones is 2. The number of esters is 1. The maximum absolute atomic E-state index is 13.0. The Morgan fingerprint density at radius 2 is 1.46 bits per heavy atom. The largest absolute Gasteiger partial charge is 0.457 e. The van der Waals surface area contributed by atoms with Crippen LogP contribution >= 0.6 is 0 Å². The molecule has 1 aliphatic rings. The first-order valence-electron chi connectivity index (χ1n) is 8.58. The predicted molar refractivity (Wildman–Crippen MR) is 100 cm³/mol. The summed E-state index contributed by atoms with van der Waals surface area (Å²) in [7, 11) is 0. The van der Waals surface area contributed by atoms with Crippen LogP contribution in [0.4, 0.5) is 0 Å². The van der Waals surface area contributed by atoms with Crippen molar-refractivity contribution < 1.29 is 19.1 Å². The summed E-state index contributed by atoms with van der Waals surface area (Å²) < 4.78 is 5.34. The van der Waals surface area contributed by atoms with Gasteiger partial charge in [0.2, 0.25) is 0 Å². The van der Waals surface area contributed by atoms with Crippen LogP contribution in [-0.4, -0.2) is 17.5 Å². The lowest BCUT2D eigenvalue weighted by Gasteiger charge is -2.19. The molecular weight excluding hydrogens is 354 g/mol. The second-order valence-corrected chi connectivity index (χ2v) is 6.28. The number of ether oxygens (including phenoxy) is 1. The number of nitrogens with zero attached hydrogens (tertiary/aromatic N) is 1. The van der Waals surface area contributed by atoms with E-state index in [1.807, 2.05) is 6.07 Å². The lowest BCUT2D eigenvalue weighted by Crippen LogP contribution is -2.24. The van der Waals surface area contributed by atoms with E-state index in [1.165, 1.54) is 12.1 Å². The molecular formula is C23H13NO4. The van der Waals surface area contributed by atoms with Crippen molar-refractivity contribution in [1.29, 1.82) is 5.26 Å². The summed E-state index contributed by atoms with van der Waals surface area (Å²) in [4.78, 5) is 38.4. The van der Waals surface area contributed by atoms with E-state index in [0.29, 0.717) is 16.7 Å². The van der Waals surface area contributed by atoms with Gasteiger partial charge in [0.05, 0.1) is 17.2 Å². The standard InChI is InChI=1S/C23H13NO4/c24-12-14-6-1-2-7-15(14)13-28-23(27)19-11-5-10-18-20(19)22(26)17-9-4-3-8-16(17)21(18)25/h1-11H,13H2. The van der Waals surface area contributed by atoms with E-state index < -0.39 is 5.97 Å². The summed E-state index contributed by atoms with van der Waals surface area (Å²) in [5.74, 6) is -1.39. The van der Waals surface area contributed by atoms with E-state index in [4.69, 9.17) is 10.00 Å². The van der Waals surface area contributed by atoms with Gasteiger partial charge in [0.1, 0.15) is 6.61 Å². The molecule has 0 bridgehead atoms. The average Bonchev–Trinajstić information content (AvgIpc) is 2.75. The number of rotatable bonds is 3. The van der Waals surface area contributed by atoms with Crippen molar-refractivity contribution >= 4 is 17.5 Å². The first-order chi connectivity index (χ1) is 13.6. The van der Waals surface area contributed by atoms with Crippen molar-refractivity contribution in [2.75, 3.05) is 0 Å². The van der Waals surface area contributed by atoms with Crippen LogP contribution in [0.25, 0.3) is 0 Å². The summed E-state index contributed by atoms with van der Waals surface area (Å²) in [6.45, 7) is -0.106. The number of hydrogen-bond acceptors (Lipinski definition) is 5. The van der Waals surface area contributed by atoms with Crippen LogP contribution in [0.1, 0.15) is 53.3 Å². The molecule has 0 unspecified atom stereocenters. The van der Waals surface area contributed by atoms with Crippen molar-refractivity contribution in [3.05, 3.63) is 106 Å². The summed E-state index contributed by atoms with van der Waals surface area (Å²) in [6, 6.07) is 19.9. The van der Waals surface area contributed by atoms with Gasteiger partial charge in [-0.3, -0.25) is 9.59 Å². The Bertz CT molecular complexity index is 1190. The van der Waals surface area contributed by atoms with Gasteiger partial charge >= 0.3 is 5.97 Å². The molecule has 3 aromatic carbocycles. The predicted octanol–water partition coefficient (Wildman–Crippen LogP) is 3.69. The van der Waals surface area contributed by atoms with Crippen LogP contribution in [0.5, 0.6) is 0 Å². The van der Waals surface area contributed by atoms with Gasteiger partial charge in [0.15, 0.2) is 11.6 Å². The zero-order chi connectivity index (χ0) is 19.7. The van der Waals surface area contributed by atoms with Gasteiger partial charge < -0.3 is 4.74 Å². The molecule has 4 rings (SSSR count). The lowest BCUT2D eigenvalue weighted by molar-refractivity contribution is 0.0470. The highest BCUT2D eigenvalue weighted by molar-refractivity contribution is 6.30. The highest BCUT2D eigenvalue weighted by atomic mass is 16.5. The molecule has 0 heterocycles. The molecule has 0 fully saturated rings. The van der Waals surface area contributed by atoms with E-state index in [-0.39, 0.29) is 40.4 Å². The molecule has 3 aromatic rings. The average molecular weight is 367 g/mol. The molecule has 0 saturated carbocycles. The van der Waals surface area contributed by atoms with Crippen molar-refractivity contribution in [3.8, 4) is 6.07 Å². The number of fused-ring (bicyclic) bond motifs is 2. The van der Waals surface area contributed by atoms with Crippen LogP contribution in [0.3, 0.4) is 0 Å². The Kier molecular flexibility index (Phi) is 4.30. The SMILES string of the molecule is N#Cc1ccccc1COC(=O)c1cccc2c1C(=O)c1ccccc1C2=O. The molecule has 1 aliphatic carbocycles. The summed E-state index contributed by atoms with van der Waals surface area (Å²) >= 11 is 0. The molecule has 0 atom stereocenters. The van der Waals surface area contributed by atoms with Crippen LogP contribution in [-0.2, 0) is 11.3 Å². The summed E-state index contributed by atoms with van der Waals surface area (Å²) in [5.41, 5.74) is 1.87. The maximum atomic E-state index is 13.0. The van der Waals surface area contributed by atoms with Crippen molar-refractivity contribution in [2.45, 2.75) is 6.61 Å². The topological polar surface area (TPSA) is 84.2 Å².